The van der Waals surface area contributed by atoms with E-state index in [-0.39, 0.29) is 23.3 Å². The quantitative estimate of drug-likeness (QED) is 0.262. The van der Waals surface area contributed by atoms with Crippen LogP contribution < -0.4 is 24.4 Å². The molecule has 43 heavy (non-hydrogen) atoms. The van der Waals surface area contributed by atoms with Gasteiger partial charge in [0.2, 0.25) is 0 Å². The van der Waals surface area contributed by atoms with Crippen molar-refractivity contribution in [3.8, 4) is 22.8 Å². The molecule has 1 atom stereocenters. The zero-order chi connectivity index (χ0) is 30.7. The summed E-state index contributed by atoms with van der Waals surface area (Å²) in [5, 5.41) is 9.57. The van der Waals surface area contributed by atoms with Gasteiger partial charge in [-0.2, -0.15) is 0 Å². The number of nitrogens with zero attached hydrogens (tertiary/aromatic N) is 2. The Morgan fingerprint density at radius 3 is 2.49 bits per heavy atom. The molecule has 0 unspecified atom stereocenters. The van der Waals surface area contributed by atoms with Crippen LogP contribution in [-0.4, -0.2) is 41.4 Å². The summed E-state index contributed by atoms with van der Waals surface area (Å²) in [6, 6.07) is 14.3. The van der Waals surface area contributed by atoms with Crippen molar-refractivity contribution in [1.29, 1.82) is 0 Å². The fourth-order valence-corrected chi connectivity index (χ4v) is 5.96. The normalized spacial score (nSPS) is 14.7. The van der Waals surface area contributed by atoms with Gasteiger partial charge in [0.15, 0.2) is 16.3 Å². The van der Waals surface area contributed by atoms with E-state index in [1.165, 1.54) is 10.6 Å². The van der Waals surface area contributed by atoms with Gasteiger partial charge in [-0.3, -0.25) is 9.36 Å². The lowest BCUT2D eigenvalue weighted by Crippen LogP contribution is -2.40. The van der Waals surface area contributed by atoms with Crippen molar-refractivity contribution in [2.24, 2.45) is 4.99 Å². The summed E-state index contributed by atoms with van der Waals surface area (Å²) >= 11 is 1.16. The molecule has 0 bridgehead atoms. The lowest BCUT2D eigenvalue weighted by Gasteiger charge is -2.25. The van der Waals surface area contributed by atoms with E-state index >= 15 is 0 Å². The van der Waals surface area contributed by atoms with Gasteiger partial charge < -0.3 is 23.7 Å². The molecule has 11 heteroatoms. The first kappa shape index (κ1) is 29.6. The summed E-state index contributed by atoms with van der Waals surface area (Å²) in [6.07, 6.45) is 1.58. The van der Waals surface area contributed by atoms with Crippen LogP contribution in [0.1, 0.15) is 55.4 Å². The minimum Gasteiger partial charge on any atom is -0.490 e. The second-order valence-corrected chi connectivity index (χ2v) is 10.4. The molecule has 4 aromatic rings. The van der Waals surface area contributed by atoms with Gasteiger partial charge in [0.05, 0.1) is 47.2 Å². The van der Waals surface area contributed by atoms with Crippen molar-refractivity contribution in [3.63, 3.8) is 0 Å². The Hall–Kier alpha value is -4.90. The number of aromatic carboxylic acids is 1. The zero-order valence-corrected chi connectivity index (χ0v) is 24.9. The molecule has 0 radical (unpaired) electrons. The number of carbonyl (C=O) groups is 2. The minimum atomic E-state index is -1.07. The smallest absolute Gasteiger partial charge is 0.338 e. The molecule has 0 saturated heterocycles. The Kier molecular flexibility index (Phi) is 8.63. The van der Waals surface area contributed by atoms with E-state index in [4.69, 9.17) is 18.6 Å². The summed E-state index contributed by atoms with van der Waals surface area (Å²) in [4.78, 5) is 43.9. The summed E-state index contributed by atoms with van der Waals surface area (Å²) in [5.74, 6) is 0.119. The van der Waals surface area contributed by atoms with Gasteiger partial charge in [0, 0.05) is 11.6 Å². The molecule has 0 spiro atoms. The standard InChI is InChI=1S/C32H30N2O8S/c1-5-39-24-14-12-19(16-25(24)40-6-2)28-27(31(38)41-7-3)18(4)33-32-34(28)29(35)26(43-32)17-20-13-15-23(42-20)21-10-8-9-11-22(21)30(36)37/h8-17,28H,5-7H2,1-4H3,(H,36,37)/b26-17-/t28-/m1/s1. The highest BCUT2D eigenvalue weighted by Crippen LogP contribution is 2.36. The molecule has 1 N–H and O–H groups in total. The Balaban J connectivity index is 1.65. The largest absolute Gasteiger partial charge is 0.490 e. The van der Waals surface area contributed by atoms with Crippen molar-refractivity contribution >= 4 is 29.4 Å². The number of hydrogen-bond acceptors (Lipinski definition) is 9. The summed E-state index contributed by atoms with van der Waals surface area (Å²) in [6.45, 7) is 8.17. The molecule has 10 nitrogen and oxygen atoms in total. The van der Waals surface area contributed by atoms with Gasteiger partial charge in [-0.1, -0.05) is 35.6 Å². The van der Waals surface area contributed by atoms with Crippen LogP contribution in [0.5, 0.6) is 11.5 Å². The van der Waals surface area contributed by atoms with Crippen LogP contribution in [0.15, 0.2) is 80.1 Å². The van der Waals surface area contributed by atoms with Crippen LogP contribution in [0.3, 0.4) is 0 Å². The molecule has 5 rings (SSSR count). The van der Waals surface area contributed by atoms with Crippen LogP contribution >= 0.6 is 11.3 Å². The number of allylic oxidation sites excluding steroid dienone is 1. The van der Waals surface area contributed by atoms with Crippen molar-refractivity contribution in [3.05, 3.63) is 102 Å². The van der Waals surface area contributed by atoms with Crippen molar-refractivity contribution in [2.75, 3.05) is 19.8 Å². The second-order valence-electron chi connectivity index (χ2n) is 9.43. The fraction of sp³-hybridized carbons (Fsp3) is 0.250. The highest BCUT2D eigenvalue weighted by Gasteiger charge is 2.34. The number of carbonyl (C=O) groups excluding carboxylic acids is 1. The number of ether oxygens (including phenoxy) is 3. The molecule has 1 aliphatic heterocycles. The third kappa shape index (κ3) is 5.76. The number of fused-ring (bicyclic) bond motifs is 1. The van der Waals surface area contributed by atoms with Gasteiger partial charge in [-0.05, 0) is 63.6 Å². The van der Waals surface area contributed by atoms with Crippen LogP contribution in [-0.2, 0) is 9.53 Å². The van der Waals surface area contributed by atoms with Crippen molar-refractivity contribution in [2.45, 2.75) is 33.7 Å². The summed E-state index contributed by atoms with van der Waals surface area (Å²) in [7, 11) is 0. The van der Waals surface area contributed by atoms with E-state index in [0.29, 0.717) is 62.4 Å². The highest BCUT2D eigenvalue weighted by atomic mass is 32.1. The number of rotatable bonds is 10. The van der Waals surface area contributed by atoms with Crippen LogP contribution in [0.4, 0.5) is 0 Å². The van der Waals surface area contributed by atoms with Gasteiger partial charge in [-0.25, -0.2) is 14.6 Å². The summed E-state index contributed by atoms with van der Waals surface area (Å²) in [5.41, 5.74) is 1.46. The van der Waals surface area contributed by atoms with E-state index in [9.17, 15) is 19.5 Å². The number of benzene rings is 2. The lowest BCUT2D eigenvalue weighted by atomic mass is 9.95. The fourth-order valence-electron chi connectivity index (χ4n) is 4.93. The summed E-state index contributed by atoms with van der Waals surface area (Å²) < 4.78 is 24.7. The first-order valence-corrected chi connectivity index (χ1v) is 14.6. The lowest BCUT2D eigenvalue weighted by molar-refractivity contribution is -0.139. The average molecular weight is 603 g/mol. The van der Waals surface area contributed by atoms with E-state index in [2.05, 4.69) is 4.99 Å². The number of furan rings is 1. The van der Waals surface area contributed by atoms with E-state index in [1.54, 1.807) is 68.5 Å². The van der Waals surface area contributed by atoms with Crippen LogP contribution in [0.25, 0.3) is 17.4 Å². The van der Waals surface area contributed by atoms with E-state index in [0.717, 1.165) is 11.3 Å². The zero-order valence-electron chi connectivity index (χ0n) is 24.1. The predicted molar refractivity (Wildman–Crippen MR) is 160 cm³/mol. The number of carboxylic acid groups (broad SMARTS) is 1. The number of hydrogen-bond donors (Lipinski definition) is 1. The number of carboxylic acids is 1. The predicted octanol–water partition coefficient (Wildman–Crippen LogP) is 4.55. The molecular weight excluding hydrogens is 572 g/mol. The Morgan fingerprint density at radius 1 is 1.02 bits per heavy atom. The molecule has 0 fully saturated rings. The molecular formula is C32H30N2O8S. The Morgan fingerprint density at radius 2 is 1.77 bits per heavy atom. The molecule has 1 aliphatic rings. The van der Waals surface area contributed by atoms with Gasteiger partial charge in [0.1, 0.15) is 11.5 Å². The third-order valence-electron chi connectivity index (χ3n) is 6.72. The molecule has 2 aromatic heterocycles. The second kappa shape index (κ2) is 12.5. The SMILES string of the molecule is CCOC(=O)C1=C(C)N=c2s/c(=C\c3ccc(-c4ccccc4C(=O)O)o3)c(=O)n2[C@@H]1c1ccc(OCC)c(OCC)c1. The first-order valence-electron chi connectivity index (χ1n) is 13.8. The van der Waals surface area contributed by atoms with E-state index < -0.39 is 18.0 Å². The first-order chi connectivity index (χ1) is 20.8. The van der Waals surface area contributed by atoms with Crippen molar-refractivity contribution < 1.29 is 33.3 Å². The van der Waals surface area contributed by atoms with Crippen LogP contribution in [0.2, 0.25) is 0 Å². The van der Waals surface area contributed by atoms with E-state index in [1.807, 2.05) is 13.8 Å². The molecule has 2 aromatic carbocycles. The van der Waals surface area contributed by atoms with Crippen LogP contribution in [0, 0.1) is 0 Å². The number of esters is 1. The number of thiazole rings is 1. The third-order valence-corrected chi connectivity index (χ3v) is 7.71. The van der Waals surface area contributed by atoms with Gasteiger partial charge in [-0.15, -0.1) is 0 Å². The monoisotopic (exact) mass is 602 g/mol. The maximum atomic E-state index is 14.0. The Bertz CT molecular complexity index is 1910. The van der Waals surface area contributed by atoms with Crippen molar-refractivity contribution in [1.82, 2.24) is 4.57 Å². The van der Waals surface area contributed by atoms with Gasteiger partial charge >= 0.3 is 11.9 Å². The maximum absolute atomic E-state index is 14.0. The topological polar surface area (TPSA) is 130 Å². The molecule has 0 amide bonds. The molecule has 0 aliphatic carbocycles. The molecule has 0 saturated carbocycles. The average Bonchev–Trinajstić information content (AvgIpc) is 3.57. The number of aromatic nitrogens is 1. The Labute approximate surface area is 250 Å². The molecule has 3 heterocycles. The minimum absolute atomic E-state index is 0.103. The van der Waals surface area contributed by atoms with Gasteiger partial charge in [0.25, 0.3) is 5.56 Å². The highest BCUT2D eigenvalue weighted by molar-refractivity contribution is 7.07. The maximum Gasteiger partial charge on any atom is 0.338 e. The molecule has 222 valence electrons.